The van der Waals surface area contributed by atoms with Gasteiger partial charge in [0, 0.05) is 0 Å². The molecule has 144 valence electrons. The monoisotopic (exact) mass is 384 g/mol. The lowest BCUT2D eigenvalue weighted by Crippen LogP contribution is -3.32. The van der Waals surface area contributed by atoms with Gasteiger partial charge in [0.25, 0.3) is 0 Å². The van der Waals surface area contributed by atoms with Crippen LogP contribution in [0, 0.1) is 155 Å². The molecule has 0 heteroatoms. The molecule has 30 heavy (non-hydrogen) atoms. The van der Waals surface area contributed by atoms with Gasteiger partial charge in [0.1, 0.15) is 0 Å². The third-order valence-electron chi connectivity index (χ3n) is 23.6. The average Bonchev–Trinajstić information content (AvgIpc) is 2.75. The van der Waals surface area contributed by atoms with Crippen molar-refractivity contribution in [3.63, 3.8) is 0 Å². The molecule has 19 aliphatic rings. The summed E-state index contributed by atoms with van der Waals surface area (Å²) in [5, 5.41) is 0. The molecule has 0 aliphatic heterocycles. The minimum atomic E-state index is 1.06. The number of hydrogen-bond acceptors (Lipinski definition) is 0. The van der Waals surface area contributed by atoms with E-state index in [-0.39, 0.29) is 0 Å². The summed E-state index contributed by atoms with van der Waals surface area (Å²) in [5.74, 6) is 24.6. The molecule has 0 heterocycles. The summed E-state index contributed by atoms with van der Waals surface area (Å²) in [5.41, 5.74) is 9.86. The second-order valence-electron chi connectivity index (χ2n) is 18.5. The highest BCUT2D eigenvalue weighted by atomic mass is 15.4. The van der Waals surface area contributed by atoms with Crippen molar-refractivity contribution in [3.8, 4) is 0 Å². The SMILES string of the molecule is C1C2C3C4C5C6C7C8C39C3C%10CC%11CC%12C%13C%14C%15C%16C%17C%18C1C24C%185C%176C%167C%158C%149C%133C%11%12%10. The first-order valence-corrected chi connectivity index (χ1v) is 14.9. The Balaban J connectivity index is 1.10. The first kappa shape index (κ1) is 11.0. The van der Waals surface area contributed by atoms with E-state index in [4.69, 9.17) is 0 Å². The highest BCUT2D eigenvalue weighted by molar-refractivity contribution is 5.83. The molecule has 0 saturated heterocycles. The van der Waals surface area contributed by atoms with E-state index in [1.807, 2.05) is 0 Å². The van der Waals surface area contributed by atoms with Gasteiger partial charge in [-0.15, -0.1) is 0 Å². The number of fused-ring (bicyclic) bond motifs is 9. The molecule has 27 unspecified atom stereocenters. The quantitative estimate of drug-likeness (QED) is 0.601. The Hall–Kier alpha value is 0. The standard InChI is InChI=1S/C30H24/c1-4-2-8-20-24-9-6-3-7-10-13-15-16-18-11-5(1)22(4,8)28(11,20)30(18,24)29(16)21(24)19-17-14-12(9)23(6,7)25(10,14)26(13,17)27(15,19)29/h4-21H,1-3H2. The van der Waals surface area contributed by atoms with Gasteiger partial charge >= 0.3 is 0 Å². The molecule has 19 fully saturated rings. The van der Waals surface area contributed by atoms with Gasteiger partial charge in [0.15, 0.2) is 0 Å². The van der Waals surface area contributed by atoms with Crippen LogP contribution < -0.4 is 0 Å². The van der Waals surface area contributed by atoms with Crippen LogP contribution in [0.1, 0.15) is 19.3 Å². The number of hydrogen-bond donors (Lipinski definition) is 0. The second kappa shape index (κ2) is 1.85. The zero-order chi connectivity index (χ0) is 17.0. The van der Waals surface area contributed by atoms with Crippen molar-refractivity contribution in [1.82, 2.24) is 0 Å². The molecule has 0 aromatic carbocycles. The normalized spacial score (nSPS) is 125. The maximum absolute atomic E-state index is 1.80. The summed E-state index contributed by atoms with van der Waals surface area (Å²) in [7, 11) is 0. The Morgan fingerprint density at radius 2 is 1.07 bits per heavy atom. The van der Waals surface area contributed by atoms with Crippen molar-refractivity contribution in [1.29, 1.82) is 0 Å². The minimum Gasteiger partial charge on any atom is -0.0461 e. The molecule has 0 N–H and O–H groups in total. The van der Waals surface area contributed by atoms with Gasteiger partial charge in [-0.2, -0.15) is 0 Å². The van der Waals surface area contributed by atoms with Crippen molar-refractivity contribution < 1.29 is 0 Å². The topological polar surface area (TPSA) is 0 Å². The van der Waals surface area contributed by atoms with Crippen LogP contribution in [0.25, 0.3) is 0 Å². The first-order chi connectivity index (χ1) is 14.9. The molecule has 0 nitrogen and oxygen atoms in total. The summed E-state index contributed by atoms with van der Waals surface area (Å²) in [6.45, 7) is 0. The maximum atomic E-state index is 1.80. The van der Waals surface area contributed by atoms with Gasteiger partial charge < -0.3 is 0 Å². The largest absolute Gasteiger partial charge is 0.0461 e. The Labute approximate surface area is 174 Å². The van der Waals surface area contributed by atoms with Crippen molar-refractivity contribution >= 4 is 0 Å². The zero-order valence-corrected chi connectivity index (χ0v) is 17.0. The molecule has 9 spiro atoms. The lowest BCUT2D eigenvalue weighted by molar-refractivity contribution is -0.892. The van der Waals surface area contributed by atoms with Gasteiger partial charge in [0.2, 0.25) is 0 Å². The van der Waals surface area contributed by atoms with Crippen LogP contribution in [0.3, 0.4) is 0 Å². The van der Waals surface area contributed by atoms with Crippen LogP contribution in [0.5, 0.6) is 0 Å². The molecule has 27 atom stereocenters. The summed E-state index contributed by atoms with van der Waals surface area (Å²) < 4.78 is 0. The molecular weight excluding hydrogens is 360 g/mol. The van der Waals surface area contributed by atoms with E-state index in [0.717, 1.165) is 48.7 Å². The lowest BCUT2D eigenvalue weighted by Gasteiger charge is -3.34. The van der Waals surface area contributed by atoms with E-state index in [1.165, 1.54) is 107 Å². The van der Waals surface area contributed by atoms with Gasteiger partial charge in [-0.3, -0.25) is 0 Å². The highest BCUT2D eigenvalue weighted by Crippen LogP contribution is 3.40. The van der Waals surface area contributed by atoms with Crippen molar-refractivity contribution in [2.75, 3.05) is 0 Å². The van der Waals surface area contributed by atoms with E-state index < -0.39 is 0 Å². The van der Waals surface area contributed by atoms with E-state index in [9.17, 15) is 0 Å². The van der Waals surface area contributed by atoms with Gasteiger partial charge in [-0.05, 0) is 175 Å². The third kappa shape index (κ3) is 0.302. The van der Waals surface area contributed by atoms with Gasteiger partial charge in [-0.1, -0.05) is 0 Å². The molecule has 19 saturated carbocycles. The predicted molar refractivity (Wildman–Crippen MR) is 98.6 cm³/mol. The van der Waals surface area contributed by atoms with Gasteiger partial charge in [-0.25, -0.2) is 0 Å². The molecule has 19 aliphatic carbocycles. The van der Waals surface area contributed by atoms with Gasteiger partial charge in [0.05, 0.1) is 0 Å². The van der Waals surface area contributed by atoms with Crippen LogP contribution >= 0.6 is 0 Å². The predicted octanol–water partition coefficient (Wildman–Crippen LogP) is 3.38. The molecule has 0 bridgehead atoms. The van der Waals surface area contributed by atoms with E-state index in [1.54, 1.807) is 19.3 Å². The van der Waals surface area contributed by atoms with Crippen LogP contribution in [0.15, 0.2) is 0 Å². The third-order valence-corrected chi connectivity index (χ3v) is 23.6. The van der Waals surface area contributed by atoms with Crippen molar-refractivity contribution in [2.45, 2.75) is 19.3 Å². The minimum absolute atomic E-state index is 1.06. The Bertz CT molecular complexity index is 1490. The fraction of sp³-hybridized carbons (Fsp3) is 1.00. The highest BCUT2D eigenvalue weighted by Gasteiger charge is 3.38. The van der Waals surface area contributed by atoms with E-state index >= 15 is 0 Å². The Morgan fingerprint density at radius 1 is 0.367 bits per heavy atom. The van der Waals surface area contributed by atoms with Crippen LogP contribution in [0.4, 0.5) is 0 Å². The summed E-state index contributed by atoms with van der Waals surface area (Å²) in [6, 6.07) is 0. The van der Waals surface area contributed by atoms with Crippen molar-refractivity contribution in [2.24, 2.45) is 155 Å². The lowest BCUT2D eigenvalue weighted by atomic mass is 8.69. The van der Waals surface area contributed by atoms with E-state index in [0.29, 0.717) is 0 Å². The molecule has 0 aromatic heterocycles. The average molecular weight is 385 g/mol. The molecular formula is C30H24. The Morgan fingerprint density at radius 3 is 2.03 bits per heavy atom. The number of rotatable bonds is 0. The smallest absolute Gasteiger partial charge is 0.00620 e. The van der Waals surface area contributed by atoms with E-state index in [2.05, 4.69) is 0 Å². The van der Waals surface area contributed by atoms with Crippen LogP contribution in [0.2, 0.25) is 0 Å². The van der Waals surface area contributed by atoms with Crippen LogP contribution in [-0.4, -0.2) is 0 Å². The first-order valence-electron chi connectivity index (χ1n) is 14.9. The van der Waals surface area contributed by atoms with Crippen molar-refractivity contribution in [3.05, 3.63) is 0 Å². The zero-order valence-electron chi connectivity index (χ0n) is 17.0. The molecule has 0 aromatic rings. The molecule has 0 radical (unpaired) electrons. The molecule has 19 rings (SSSR count). The Kier molecular flexibility index (Phi) is 0.674. The summed E-state index contributed by atoms with van der Waals surface area (Å²) >= 11 is 0. The summed E-state index contributed by atoms with van der Waals surface area (Å²) in [4.78, 5) is 0. The van der Waals surface area contributed by atoms with Crippen LogP contribution in [-0.2, 0) is 0 Å². The summed E-state index contributed by atoms with van der Waals surface area (Å²) in [6.07, 6.45) is 5.32. The fourth-order valence-corrected chi connectivity index (χ4v) is 27.8. The fourth-order valence-electron chi connectivity index (χ4n) is 27.8. The second-order valence-corrected chi connectivity index (χ2v) is 18.5. The maximum Gasteiger partial charge on any atom is -0.00620 e. The molecule has 0 amide bonds.